The van der Waals surface area contributed by atoms with Gasteiger partial charge >= 0.3 is 0 Å². The van der Waals surface area contributed by atoms with E-state index in [1.807, 2.05) is 0 Å². The van der Waals surface area contributed by atoms with Crippen LogP contribution in [0, 0.1) is 0 Å². The van der Waals surface area contributed by atoms with E-state index in [0.29, 0.717) is 10.8 Å². The second kappa shape index (κ2) is 10.2. The molecule has 0 saturated carbocycles. The van der Waals surface area contributed by atoms with Crippen LogP contribution in [0.4, 0.5) is 28.4 Å². The fraction of sp³-hybridized carbons (Fsp3) is 0. The molecule has 202 valence electrons. The Hall–Kier alpha value is -4.13. The van der Waals surface area contributed by atoms with Crippen molar-refractivity contribution >= 4 is 69.6 Å². The van der Waals surface area contributed by atoms with E-state index in [1.165, 1.54) is 48.5 Å². The molecule has 0 heterocycles. The van der Waals surface area contributed by atoms with Gasteiger partial charge in [0.05, 0.1) is 26.9 Å². The third-order valence-corrected chi connectivity index (χ3v) is 7.81. The van der Waals surface area contributed by atoms with Crippen LogP contribution >= 0.6 is 0 Å². The van der Waals surface area contributed by atoms with E-state index in [0.717, 1.165) is 24.3 Å². The summed E-state index contributed by atoms with van der Waals surface area (Å²) in [6, 6.07) is 14.9. The van der Waals surface area contributed by atoms with Crippen LogP contribution in [0.2, 0.25) is 0 Å². The van der Waals surface area contributed by atoms with Gasteiger partial charge in [-0.1, -0.05) is 12.1 Å². The molecule has 0 radical (unpaired) electrons. The molecule has 0 amide bonds. The minimum absolute atomic E-state index is 0.000269. The van der Waals surface area contributed by atoms with Crippen molar-refractivity contribution in [2.24, 2.45) is 20.5 Å². The molecule has 0 unspecified atom stereocenters. The average molecular weight is 592 g/mol. The summed E-state index contributed by atoms with van der Waals surface area (Å²) in [6.45, 7) is 0. The van der Waals surface area contributed by atoms with E-state index in [1.54, 1.807) is 0 Å². The summed E-state index contributed by atoms with van der Waals surface area (Å²) in [5.74, 6) is 0. The van der Waals surface area contributed by atoms with Gasteiger partial charge in [-0.25, -0.2) is 0 Å². The fourth-order valence-electron chi connectivity index (χ4n) is 3.33. The zero-order valence-corrected chi connectivity index (χ0v) is 21.8. The van der Waals surface area contributed by atoms with Crippen LogP contribution in [0.25, 0.3) is 10.8 Å². The van der Waals surface area contributed by atoms with E-state index >= 15 is 0 Å². The van der Waals surface area contributed by atoms with Crippen LogP contribution in [0.15, 0.2) is 108 Å². The smallest absolute Gasteiger partial charge is 0.296 e. The van der Waals surface area contributed by atoms with Crippen molar-refractivity contribution < 1.29 is 38.9 Å². The normalized spacial score (nSPS) is 13.0. The van der Waals surface area contributed by atoms with Crippen molar-refractivity contribution in [2.75, 3.05) is 5.73 Å². The maximum atomic E-state index is 12.0. The lowest BCUT2D eigenvalue weighted by Crippen LogP contribution is -1.98. The maximum absolute atomic E-state index is 12.0. The predicted molar refractivity (Wildman–Crippen MR) is 139 cm³/mol. The van der Waals surface area contributed by atoms with Crippen LogP contribution in [0.5, 0.6) is 0 Å². The Labute approximate surface area is 221 Å². The SMILES string of the molecule is Nc1c(N=Nc2ccc(N=Nc3ccc(S(=O)(=O)O)cc3)cc2S(=O)(=O)O)ccc2cc(S(=O)(=O)O)ccc12. The van der Waals surface area contributed by atoms with Crippen molar-refractivity contribution in [1.82, 2.24) is 0 Å². The van der Waals surface area contributed by atoms with E-state index in [4.69, 9.17) is 10.3 Å². The van der Waals surface area contributed by atoms with Crippen LogP contribution < -0.4 is 5.73 Å². The molecule has 0 bridgehead atoms. The van der Waals surface area contributed by atoms with Gasteiger partial charge in [0.1, 0.15) is 16.3 Å². The summed E-state index contributed by atoms with van der Waals surface area (Å²) >= 11 is 0. The summed E-state index contributed by atoms with van der Waals surface area (Å²) in [6.07, 6.45) is 0. The molecule has 14 nitrogen and oxygen atoms in total. The van der Waals surface area contributed by atoms with Gasteiger partial charge in [0.2, 0.25) is 0 Å². The number of fused-ring (bicyclic) bond motifs is 1. The zero-order valence-electron chi connectivity index (χ0n) is 19.3. The lowest BCUT2D eigenvalue weighted by atomic mass is 10.1. The number of benzene rings is 4. The first-order valence-electron chi connectivity index (χ1n) is 10.5. The van der Waals surface area contributed by atoms with Crippen LogP contribution in [0.1, 0.15) is 0 Å². The molecule has 5 N–H and O–H groups in total. The number of nitrogens with two attached hydrogens (primary N) is 1. The molecule has 0 aromatic heterocycles. The highest BCUT2D eigenvalue weighted by molar-refractivity contribution is 7.86. The topological polar surface area (TPSA) is 239 Å². The highest BCUT2D eigenvalue weighted by Gasteiger charge is 2.17. The zero-order chi connectivity index (χ0) is 28.6. The molecular formula is C22H17N5O9S3. The Bertz CT molecular complexity index is 1990. The van der Waals surface area contributed by atoms with Crippen LogP contribution in [-0.4, -0.2) is 38.9 Å². The first-order valence-corrected chi connectivity index (χ1v) is 14.8. The number of rotatable bonds is 7. The van der Waals surface area contributed by atoms with Gasteiger partial charge in [-0.05, 0) is 66.0 Å². The lowest BCUT2D eigenvalue weighted by molar-refractivity contribution is 0.481. The highest BCUT2D eigenvalue weighted by Crippen LogP contribution is 2.35. The molecule has 0 saturated heterocycles. The number of azo groups is 2. The Balaban J connectivity index is 1.65. The van der Waals surface area contributed by atoms with Gasteiger partial charge < -0.3 is 5.73 Å². The van der Waals surface area contributed by atoms with Gasteiger partial charge in [-0.2, -0.15) is 35.5 Å². The Morgan fingerprint density at radius 1 is 0.538 bits per heavy atom. The van der Waals surface area contributed by atoms with Crippen molar-refractivity contribution in [1.29, 1.82) is 0 Å². The third-order valence-electron chi connectivity index (χ3n) is 5.21. The van der Waals surface area contributed by atoms with Gasteiger partial charge in [-0.15, -0.1) is 10.2 Å². The van der Waals surface area contributed by atoms with Crippen molar-refractivity contribution in [2.45, 2.75) is 14.7 Å². The van der Waals surface area contributed by atoms with Gasteiger partial charge in [0, 0.05) is 5.39 Å². The molecule has 4 rings (SSSR count). The first kappa shape index (κ1) is 27.9. The molecule has 0 aliphatic rings. The molecule has 17 heteroatoms. The second-order valence-corrected chi connectivity index (χ2v) is 12.1. The lowest BCUT2D eigenvalue weighted by Gasteiger charge is -2.07. The van der Waals surface area contributed by atoms with Crippen LogP contribution in [0.3, 0.4) is 0 Å². The van der Waals surface area contributed by atoms with E-state index in [-0.39, 0.29) is 38.2 Å². The third kappa shape index (κ3) is 6.48. The molecule has 4 aromatic carbocycles. The van der Waals surface area contributed by atoms with E-state index in [2.05, 4.69) is 20.5 Å². The Morgan fingerprint density at radius 3 is 1.69 bits per heavy atom. The number of nitrogen functional groups attached to an aromatic ring is 1. The molecule has 0 aliphatic carbocycles. The minimum atomic E-state index is -4.79. The minimum Gasteiger partial charge on any atom is -0.396 e. The van der Waals surface area contributed by atoms with Gasteiger partial charge in [-0.3, -0.25) is 13.7 Å². The maximum Gasteiger partial charge on any atom is 0.296 e. The van der Waals surface area contributed by atoms with Gasteiger partial charge in [0.25, 0.3) is 30.4 Å². The molecule has 4 aromatic rings. The molecule has 0 aliphatic heterocycles. The van der Waals surface area contributed by atoms with Crippen LogP contribution in [-0.2, 0) is 30.4 Å². The summed E-state index contributed by atoms with van der Waals surface area (Å²) in [4.78, 5) is -1.31. The van der Waals surface area contributed by atoms with E-state index < -0.39 is 35.2 Å². The quantitative estimate of drug-likeness (QED) is 0.127. The second-order valence-electron chi connectivity index (χ2n) is 7.85. The Kier molecular flexibility index (Phi) is 7.30. The first-order chi connectivity index (χ1) is 18.1. The molecule has 39 heavy (non-hydrogen) atoms. The van der Waals surface area contributed by atoms with Gasteiger partial charge in [0.15, 0.2) is 0 Å². The van der Waals surface area contributed by atoms with Crippen molar-refractivity contribution in [3.05, 3.63) is 72.8 Å². The highest BCUT2D eigenvalue weighted by atomic mass is 32.2. The average Bonchev–Trinajstić information content (AvgIpc) is 2.86. The fourth-order valence-corrected chi connectivity index (χ4v) is 4.97. The number of nitrogens with zero attached hydrogens (tertiary/aromatic N) is 4. The number of anilines is 1. The largest absolute Gasteiger partial charge is 0.396 e. The molecule has 0 atom stereocenters. The Morgan fingerprint density at radius 2 is 1.08 bits per heavy atom. The summed E-state index contributed by atoms with van der Waals surface area (Å²) in [7, 11) is -13.6. The molecule has 0 fully saturated rings. The van der Waals surface area contributed by atoms with Crippen molar-refractivity contribution in [3.8, 4) is 0 Å². The number of hydrogen-bond acceptors (Lipinski definition) is 11. The summed E-state index contributed by atoms with van der Waals surface area (Å²) < 4.78 is 96.9. The number of hydrogen-bond donors (Lipinski definition) is 4. The summed E-state index contributed by atoms with van der Waals surface area (Å²) in [5.41, 5.74) is 6.25. The summed E-state index contributed by atoms with van der Waals surface area (Å²) in [5, 5.41) is 16.3. The van der Waals surface area contributed by atoms with E-state index in [9.17, 15) is 34.4 Å². The predicted octanol–water partition coefficient (Wildman–Crippen LogP) is 4.99. The molecule has 0 spiro atoms. The molecular weight excluding hydrogens is 574 g/mol. The standard InChI is InChI=1S/C22H17N5O9S3/c23-22-18-8-7-17(38(31,32)33)11-13(18)1-9-20(22)27-26-19-10-4-15(12-21(19)39(34,35)36)25-24-14-2-5-16(6-3-14)37(28,29)30/h1-12H,23H2,(H,28,29,30)(H,31,32,33)(H,34,35,36). The van der Waals surface area contributed by atoms with Crippen molar-refractivity contribution in [3.63, 3.8) is 0 Å². The monoisotopic (exact) mass is 591 g/mol.